The third kappa shape index (κ3) is 13.1. The van der Waals surface area contributed by atoms with Gasteiger partial charge in [-0.05, 0) is 163 Å². The number of aryl methyl sites for hydroxylation is 4. The van der Waals surface area contributed by atoms with E-state index in [0.29, 0.717) is 56.1 Å². The lowest BCUT2D eigenvalue weighted by Crippen LogP contribution is -2.40. The van der Waals surface area contributed by atoms with E-state index < -0.39 is 0 Å². The Kier molecular flexibility index (Phi) is 18.1. The molecule has 4 aromatic rings. The zero-order chi connectivity index (χ0) is 51.2. The van der Waals surface area contributed by atoms with Crippen LogP contribution in [-0.2, 0) is 51.2 Å². The van der Waals surface area contributed by atoms with E-state index >= 15 is 0 Å². The van der Waals surface area contributed by atoms with E-state index in [2.05, 4.69) is 81.0 Å². The zero-order valence-corrected chi connectivity index (χ0v) is 45.0. The van der Waals surface area contributed by atoms with Gasteiger partial charge in [0.2, 0.25) is 29.5 Å². The molecule has 74 heavy (non-hydrogen) atoms. The van der Waals surface area contributed by atoms with Gasteiger partial charge in [0.15, 0.2) is 0 Å². The summed E-state index contributed by atoms with van der Waals surface area (Å²) in [6.45, 7) is 11.7. The van der Waals surface area contributed by atoms with E-state index in [0.717, 1.165) is 166 Å². The number of aromatic nitrogens is 4. The number of piperidine rings is 2. The Morgan fingerprint density at radius 3 is 1.42 bits per heavy atom. The van der Waals surface area contributed by atoms with Crippen LogP contribution in [0.5, 0.6) is 0 Å². The van der Waals surface area contributed by atoms with Crippen LogP contribution in [0.25, 0.3) is 0 Å². The number of fused-ring (bicyclic) bond motifs is 4. The molecule has 5 amide bonds. The second-order valence-electron chi connectivity index (χ2n) is 22.0. The Hall–Kier alpha value is -5.94. The predicted octanol–water partition coefficient (Wildman–Crippen LogP) is 7.94. The number of nitrogens with zero attached hydrogens (tertiary/aromatic N) is 7. The number of anilines is 6. The highest BCUT2D eigenvalue weighted by Gasteiger charge is 2.36. The van der Waals surface area contributed by atoms with Crippen LogP contribution < -0.4 is 36.4 Å². The van der Waals surface area contributed by atoms with Gasteiger partial charge in [-0.25, -0.2) is 0 Å². The Morgan fingerprint density at radius 1 is 0.581 bits per heavy atom. The lowest BCUT2D eigenvalue weighted by molar-refractivity contribution is -0.130. The molecule has 400 valence electrons. The molecule has 0 spiro atoms. The maximum absolute atomic E-state index is 13.8. The monoisotopic (exact) mass is 1030 g/mol. The molecule has 6 heterocycles. The van der Waals surface area contributed by atoms with Crippen molar-refractivity contribution >= 4 is 76.3 Å². The highest BCUT2D eigenvalue weighted by Crippen LogP contribution is 2.41. The first-order chi connectivity index (χ1) is 35.3. The molecule has 2 saturated heterocycles. The van der Waals surface area contributed by atoms with Gasteiger partial charge >= 0.3 is 0 Å². The lowest BCUT2D eigenvalue weighted by atomic mass is 9.81. The van der Waals surface area contributed by atoms with Gasteiger partial charge in [-0.2, -0.15) is 10.2 Å². The molecule has 17 nitrogen and oxygen atoms in total. The maximum atomic E-state index is 13.8. The SMILES string of the molecule is CC(=O)N1CCC(CC(=O)NCC2CCC(C(=O)N3Cc4cnn(C)c4Nc4cc(C)ccc43)CC2)CC1.Cc1ccc2c(c1)Nc1c(cnn1C)CN2C(=O)C1CCC(CNC(=O)CC2CCNCC2)CC1.Cl. The van der Waals surface area contributed by atoms with E-state index in [9.17, 15) is 24.0 Å². The average Bonchev–Trinajstić information content (AvgIpc) is 3.79. The smallest absolute Gasteiger partial charge is 0.230 e. The van der Waals surface area contributed by atoms with Crippen molar-refractivity contribution in [2.75, 3.05) is 59.7 Å². The van der Waals surface area contributed by atoms with E-state index in [1.807, 2.05) is 56.6 Å². The Bertz CT molecular complexity index is 2620. The van der Waals surface area contributed by atoms with Crippen molar-refractivity contribution in [2.24, 2.45) is 49.6 Å². The molecule has 0 unspecified atom stereocenters. The maximum Gasteiger partial charge on any atom is 0.230 e. The van der Waals surface area contributed by atoms with Crippen LogP contribution in [0.3, 0.4) is 0 Å². The van der Waals surface area contributed by atoms with Gasteiger partial charge in [0.25, 0.3) is 0 Å². The van der Waals surface area contributed by atoms with Crippen LogP contribution in [0.2, 0.25) is 0 Å². The third-order valence-corrected chi connectivity index (χ3v) is 16.6. The van der Waals surface area contributed by atoms with Crippen molar-refractivity contribution in [3.63, 3.8) is 0 Å². The molecular formula is C56H79ClN12O5. The zero-order valence-electron chi connectivity index (χ0n) is 44.2. The molecular weight excluding hydrogens is 956 g/mol. The van der Waals surface area contributed by atoms with Crippen LogP contribution in [0, 0.1) is 49.4 Å². The van der Waals surface area contributed by atoms with Gasteiger partial charge in [-0.3, -0.25) is 33.3 Å². The molecule has 6 aliphatic rings. The molecule has 2 aliphatic carbocycles. The standard InChI is InChI=1S/C29H40N6O3.C27H38N6O2.ClH/c1-19-4-9-26-25(14-19)32-28-24(17-31-33(28)3)18-35(26)29(38)23-7-5-22(6-8-23)16-30-27(37)15-21-10-12-34(13-11-21)20(2)36;1-18-3-8-24-23(13-18)31-26-22(16-30-32(26)2)17-33(24)27(35)21-6-4-20(5-7-21)15-29-25(34)14-19-9-11-28-12-10-19;/h4,9,14,17,21-23,32H,5-8,10-13,15-16,18H2,1-3H3,(H,30,37);3,8,13,16,19-21,28,31H,4-7,9-12,14-15,17H2,1-2H3,(H,29,34);1H. The Balaban J connectivity index is 0.000000195. The molecule has 0 bridgehead atoms. The normalized spacial score (nSPS) is 21.8. The van der Waals surface area contributed by atoms with Gasteiger partial charge in [-0.15, -0.1) is 12.4 Å². The molecule has 5 N–H and O–H groups in total. The fraction of sp³-hybridized carbons (Fsp3) is 0.589. The van der Waals surface area contributed by atoms with Crippen LogP contribution in [0.15, 0.2) is 48.8 Å². The summed E-state index contributed by atoms with van der Waals surface area (Å²) in [5.41, 5.74) is 8.06. The molecule has 0 atom stereocenters. The van der Waals surface area contributed by atoms with Crippen molar-refractivity contribution in [3.8, 4) is 0 Å². The summed E-state index contributed by atoms with van der Waals surface area (Å²) in [6.07, 6.45) is 16.1. The van der Waals surface area contributed by atoms with E-state index in [-0.39, 0.29) is 53.8 Å². The number of amides is 5. The summed E-state index contributed by atoms with van der Waals surface area (Å²) in [5, 5.41) is 25.5. The van der Waals surface area contributed by atoms with Gasteiger partial charge in [0, 0.05) is 83.0 Å². The number of rotatable bonds is 10. The molecule has 10 rings (SSSR count). The Labute approximate surface area is 443 Å². The minimum atomic E-state index is -0.0132. The molecule has 4 fully saturated rings. The van der Waals surface area contributed by atoms with E-state index in [4.69, 9.17) is 0 Å². The summed E-state index contributed by atoms with van der Waals surface area (Å²) in [4.78, 5) is 69.8. The topological polar surface area (TPSA) is 191 Å². The van der Waals surface area contributed by atoms with Crippen LogP contribution in [0.4, 0.5) is 34.4 Å². The first-order valence-corrected chi connectivity index (χ1v) is 27.2. The van der Waals surface area contributed by atoms with E-state index in [1.165, 1.54) is 0 Å². The van der Waals surface area contributed by atoms with E-state index in [1.54, 1.807) is 6.92 Å². The van der Waals surface area contributed by atoms with Crippen molar-refractivity contribution < 1.29 is 24.0 Å². The first-order valence-electron chi connectivity index (χ1n) is 27.2. The predicted molar refractivity (Wildman–Crippen MR) is 292 cm³/mol. The van der Waals surface area contributed by atoms with Crippen molar-refractivity contribution in [2.45, 2.75) is 124 Å². The quantitative estimate of drug-likeness (QED) is 0.104. The number of carbonyl (C=O) groups is 5. The third-order valence-electron chi connectivity index (χ3n) is 16.6. The van der Waals surface area contributed by atoms with Crippen LogP contribution >= 0.6 is 12.4 Å². The van der Waals surface area contributed by atoms with Gasteiger partial charge in [0.05, 0.1) is 48.2 Å². The first kappa shape index (κ1) is 54.3. The van der Waals surface area contributed by atoms with Crippen LogP contribution in [0.1, 0.15) is 119 Å². The molecule has 2 saturated carbocycles. The van der Waals surface area contributed by atoms with Crippen molar-refractivity contribution in [3.05, 3.63) is 71.0 Å². The largest absolute Gasteiger partial charge is 0.356 e. The highest BCUT2D eigenvalue weighted by atomic mass is 35.5. The number of likely N-dealkylation sites (tertiary alicyclic amines) is 1. The minimum absolute atomic E-state index is 0. The fourth-order valence-corrected chi connectivity index (χ4v) is 12.0. The molecule has 4 aliphatic heterocycles. The van der Waals surface area contributed by atoms with Gasteiger partial charge in [-0.1, -0.05) is 12.1 Å². The average molecular weight is 1040 g/mol. The fourth-order valence-electron chi connectivity index (χ4n) is 12.0. The van der Waals surface area contributed by atoms with Crippen molar-refractivity contribution in [1.82, 2.24) is 40.4 Å². The number of hydrogen-bond donors (Lipinski definition) is 5. The van der Waals surface area contributed by atoms with Crippen molar-refractivity contribution in [1.29, 1.82) is 0 Å². The highest BCUT2D eigenvalue weighted by molar-refractivity contribution is 6.01. The Morgan fingerprint density at radius 2 is 1.00 bits per heavy atom. The van der Waals surface area contributed by atoms with Gasteiger partial charge in [0.1, 0.15) is 11.6 Å². The van der Waals surface area contributed by atoms with Gasteiger partial charge < -0.3 is 41.3 Å². The number of benzene rings is 2. The second-order valence-corrected chi connectivity index (χ2v) is 22.0. The minimum Gasteiger partial charge on any atom is -0.356 e. The summed E-state index contributed by atoms with van der Waals surface area (Å²) in [5.74, 6) is 4.40. The summed E-state index contributed by atoms with van der Waals surface area (Å²) in [7, 11) is 3.83. The number of carbonyl (C=O) groups excluding carboxylic acids is 5. The number of hydrogen-bond acceptors (Lipinski definition) is 10. The number of halogens is 1. The molecule has 0 radical (unpaired) electrons. The second kappa shape index (κ2) is 24.6. The lowest BCUT2D eigenvalue weighted by Gasteiger charge is -2.33. The summed E-state index contributed by atoms with van der Waals surface area (Å²) in [6, 6.07) is 12.4. The summed E-state index contributed by atoms with van der Waals surface area (Å²) < 4.78 is 3.66. The molecule has 2 aromatic heterocycles. The summed E-state index contributed by atoms with van der Waals surface area (Å²) >= 11 is 0. The molecule has 2 aromatic carbocycles. The number of nitrogens with one attached hydrogen (secondary N) is 5. The molecule has 18 heteroatoms. The van der Waals surface area contributed by atoms with Crippen LogP contribution in [-0.4, -0.2) is 93.3 Å².